The van der Waals surface area contributed by atoms with Crippen LogP contribution in [-0.4, -0.2) is 30.0 Å². The van der Waals surface area contributed by atoms with E-state index in [-0.39, 0.29) is 17.8 Å². The first kappa shape index (κ1) is 15.2. The van der Waals surface area contributed by atoms with Crippen LogP contribution in [0.2, 0.25) is 0 Å². The number of rotatable bonds is 5. The number of para-hydroxylation sites is 1. The first-order valence-electron chi connectivity index (χ1n) is 7.13. The topological polar surface area (TPSA) is 41.1 Å². The molecule has 2 N–H and O–H groups in total. The highest BCUT2D eigenvalue weighted by atomic mass is 32.2. The van der Waals surface area contributed by atoms with Crippen molar-refractivity contribution < 1.29 is 9.18 Å². The molecule has 0 bridgehead atoms. The van der Waals surface area contributed by atoms with Gasteiger partial charge in [-0.25, -0.2) is 4.39 Å². The number of hydrogen-bond acceptors (Lipinski definition) is 3. The van der Waals surface area contributed by atoms with Crippen molar-refractivity contribution >= 4 is 23.4 Å². The fraction of sp³-hybridized carbons (Fsp3) is 0.533. The average Bonchev–Trinajstić information content (AvgIpc) is 2.47. The zero-order valence-corrected chi connectivity index (χ0v) is 12.6. The summed E-state index contributed by atoms with van der Waals surface area (Å²) < 4.78 is 13.9. The fourth-order valence-corrected chi connectivity index (χ4v) is 3.35. The molecule has 1 aromatic rings. The van der Waals surface area contributed by atoms with Crippen molar-refractivity contribution in [2.24, 2.45) is 0 Å². The van der Waals surface area contributed by atoms with E-state index in [1.54, 1.807) is 12.1 Å². The molecule has 3 nitrogen and oxygen atoms in total. The van der Waals surface area contributed by atoms with Crippen molar-refractivity contribution in [2.75, 3.05) is 23.4 Å². The molecular formula is C15H21FN2OS. The highest BCUT2D eigenvalue weighted by molar-refractivity contribution is 7.99. The quantitative estimate of drug-likeness (QED) is 0.876. The zero-order valence-electron chi connectivity index (χ0n) is 11.7. The number of halogens is 1. The van der Waals surface area contributed by atoms with Gasteiger partial charge in [-0.15, -0.1) is 0 Å². The molecule has 20 heavy (non-hydrogen) atoms. The van der Waals surface area contributed by atoms with Crippen LogP contribution in [-0.2, 0) is 0 Å². The second kappa shape index (κ2) is 7.53. The number of carbonyl (C=O) groups is 1. The molecule has 5 heteroatoms. The number of carbonyl (C=O) groups excluding carboxylic acids is 1. The minimum absolute atomic E-state index is 0.181. The Morgan fingerprint density at radius 3 is 2.85 bits per heavy atom. The Bertz CT molecular complexity index is 461. The summed E-state index contributed by atoms with van der Waals surface area (Å²) in [4.78, 5) is 12.3. The van der Waals surface area contributed by atoms with Crippen LogP contribution < -0.4 is 10.6 Å². The molecule has 0 unspecified atom stereocenters. The van der Waals surface area contributed by atoms with Crippen LogP contribution in [0.5, 0.6) is 0 Å². The van der Waals surface area contributed by atoms with Crippen LogP contribution in [0.25, 0.3) is 0 Å². The number of amides is 1. The third-order valence-corrected chi connectivity index (χ3v) is 4.42. The molecule has 1 amide bonds. The minimum Gasteiger partial charge on any atom is -0.382 e. The summed E-state index contributed by atoms with van der Waals surface area (Å²) in [5, 5.41) is 6.03. The minimum atomic E-state index is -0.370. The van der Waals surface area contributed by atoms with E-state index >= 15 is 0 Å². The summed E-state index contributed by atoms with van der Waals surface area (Å²) in [6.07, 6.45) is 2.86. The van der Waals surface area contributed by atoms with Gasteiger partial charge in [0.2, 0.25) is 0 Å². The van der Waals surface area contributed by atoms with E-state index in [4.69, 9.17) is 0 Å². The molecule has 0 atom stereocenters. The van der Waals surface area contributed by atoms with Crippen molar-refractivity contribution in [3.63, 3.8) is 0 Å². The normalized spacial score (nSPS) is 15.9. The molecule has 1 aliphatic heterocycles. The molecule has 0 aliphatic carbocycles. The van der Waals surface area contributed by atoms with Gasteiger partial charge in [-0.2, -0.15) is 11.8 Å². The van der Waals surface area contributed by atoms with Crippen molar-refractivity contribution in [2.45, 2.75) is 32.2 Å². The highest BCUT2D eigenvalue weighted by Crippen LogP contribution is 2.22. The van der Waals surface area contributed by atoms with Crippen molar-refractivity contribution in [1.82, 2.24) is 5.32 Å². The maximum Gasteiger partial charge on any atom is 0.253 e. The van der Waals surface area contributed by atoms with Crippen molar-refractivity contribution in [1.29, 1.82) is 0 Å². The maximum atomic E-state index is 13.9. The van der Waals surface area contributed by atoms with E-state index in [0.29, 0.717) is 17.8 Å². The van der Waals surface area contributed by atoms with E-state index in [1.807, 2.05) is 18.7 Å². The largest absolute Gasteiger partial charge is 0.382 e. The molecule has 1 saturated heterocycles. The van der Waals surface area contributed by atoms with Gasteiger partial charge in [-0.3, -0.25) is 4.79 Å². The first-order chi connectivity index (χ1) is 9.72. The second-order valence-corrected chi connectivity index (χ2v) is 6.17. The van der Waals surface area contributed by atoms with Crippen molar-refractivity contribution in [3.05, 3.63) is 29.6 Å². The molecular weight excluding hydrogens is 275 g/mol. The summed E-state index contributed by atoms with van der Waals surface area (Å²) >= 11 is 1.91. The monoisotopic (exact) mass is 296 g/mol. The predicted molar refractivity (Wildman–Crippen MR) is 83.0 cm³/mol. The lowest BCUT2D eigenvalue weighted by molar-refractivity contribution is 0.0935. The molecule has 0 aromatic heterocycles. The van der Waals surface area contributed by atoms with Gasteiger partial charge < -0.3 is 10.6 Å². The molecule has 1 heterocycles. The van der Waals surface area contributed by atoms with Gasteiger partial charge in [0.25, 0.3) is 5.91 Å². The number of anilines is 1. The first-order valence-corrected chi connectivity index (χ1v) is 8.29. The predicted octanol–water partition coefficient (Wildman–Crippen LogP) is 3.27. The Labute approximate surface area is 123 Å². The standard InChI is InChI=1S/C15H21FN2OS/c1-2-8-17-14-12(4-3-5-13(14)16)15(19)18-11-6-9-20-10-7-11/h3-5,11,17H,2,6-10H2,1H3,(H,18,19). The van der Waals surface area contributed by atoms with E-state index in [9.17, 15) is 9.18 Å². The Morgan fingerprint density at radius 1 is 1.40 bits per heavy atom. The summed E-state index contributed by atoms with van der Waals surface area (Å²) in [6.45, 7) is 2.66. The van der Waals surface area contributed by atoms with Gasteiger partial charge in [0.15, 0.2) is 0 Å². The third kappa shape index (κ3) is 3.88. The molecule has 0 saturated carbocycles. The maximum absolute atomic E-state index is 13.9. The van der Waals surface area contributed by atoms with Crippen LogP contribution in [0.3, 0.4) is 0 Å². The van der Waals surface area contributed by atoms with Gasteiger partial charge in [-0.05, 0) is 42.9 Å². The number of hydrogen-bond donors (Lipinski definition) is 2. The summed E-state index contributed by atoms with van der Waals surface area (Å²) in [6, 6.07) is 4.85. The van der Waals surface area contributed by atoms with Crippen molar-refractivity contribution in [3.8, 4) is 0 Å². The number of benzene rings is 1. The molecule has 110 valence electrons. The zero-order chi connectivity index (χ0) is 14.4. The van der Waals surface area contributed by atoms with E-state index < -0.39 is 0 Å². The van der Waals surface area contributed by atoms with E-state index in [0.717, 1.165) is 30.8 Å². The Kier molecular flexibility index (Phi) is 5.71. The van der Waals surface area contributed by atoms with Crippen LogP contribution in [0.1, 0.15) is 36.5 Å². The molecule has 2 rings (SSSR count). The lowest BCUT2D eigenvalue weighted by atomic mass is 10.1. The van der Waals surface area contributed by atoms with Crippen LogP contribution in [0.15, 0.2) is 18.2 Å². The SMILES string of the molecule is CCCNc1c(F)cccc1C(=O)NC1CCSCC1. The van der Waals surface area contributed by atoms with Gasteiger partial charge in [-0.1, -0.05) is 13.0 Å². The highest BCUT2D eigenvalue weighted by Gasteiger charge is 2.20. The Balaban J connectivity index is 2.09. The summed E-state index contributed by atoms with van der Waals surface area (Å²) in [5.74, 6) is 1.61. The fourth-order valence-electron chi connectivity index (χ4n) is 2.25. The number of thioether (sulfide) groups is 1. The van der Waals surface area contributed by atoms with Crippen LogP contribution in [0.4, 0.5) is 10.1 Å². The second-order valence-electron chi connectivity index (χ2n) is 4.95. The van der Waals surface area contributed by atoms with E-state index in [2.05, 4.69) is 10.6 Å². The van der Waals surface area contributed by atoms with Gasteiger partial charge in [0, 0.05) is 12.6 Å². The molecule has 1 fully saturated rings. The smallest absolute Gasteiger partial charge is 0.253 e. The number of nitrogens with one attached hydrogen (secondary N) is 2. The van der Waals surface area contributed by atoms with Crippen LogP contribution >= 0.6 is 11.8 Å². The molecule has 0 spiro atoms. The van der Waals surface area contributed by atoms with Crippen LogP contribution in [0, 0.1) is 5.82 Å². The molecule has 0 radical (unpaired) electrons. The van der Waals surface area contributed by atoms with Gasteiger partial charge in [0.1, 0.15) is 5.82 Å². The molecule has 1 aromatic carbocycles. The van der Waals surface area contributed by atoms with E-state index in [1.165, 1.54) is 6.07 Å². The van der Waals surface area contributed by atoms with Gasteiger partial charge in [0.05, 0.1) is 11.3 Å². The molecule has 1 aliphatic rings. The lowest BCUT2D eigenvalue weighted by Gasteiger charge is -2.23. The Morgan fingerprint density at radius 2 is 2.15 bits per heavy atom. The third-order valence-electron chi connectivity index (χ3n) is 3.37. The average molecular weight is 296 g/mol. The van der Waals surface area contributed by atoms with Gasteiger partial charge >= 0.3 is 0 Å². The summed E-state index contributed by atoms with van der Waals surface area (Å²) in [7, 11) is 0. The lowest BCUT2D eigenvalue weighted by Crippen LogP contribution is -2.37. The summed E-state index contributed by atoms with van der Waals surface area (Å²) in [5.41, 5.74) is 0.716. The Hall–Kier alpha value is -1.23.